The van der Waals surface area contributed by atoms with E-state index < -0.39 is 24.6 Å². The molecule has 0 aromatic heterocycles. The van der Waals surface area contributed by atoms with E-state index in [0.717, 1.165) is 0 Å². The fourth-order valence-corrected chi connectivity index (χ4v) is 0.185. The van der Waals surface area contributed by atoms with Gasteiger partial charge in [-0.15, -0.1) is 0 Å². The molecule has 5 heteroatoms. The van der Waals surface area contributed by atoms with Crippen molar-refractivity contribution in [2.75, 3.05) is 13.2 Å². The van der Waals surface area contributed by atoms with Gasteiger partial charge >= 0.3 is 32.2 Å². The number of hydrogen-bond donors (Lipinski definition) is 3. The summed E-state index contributed by atoms with van der Waals surface area (Å²) in [6.07, 6.45) is 0. The summed E-state index contributed by atoms with van der Waals surface area (Å²) in [4.78, 5) is 10.2. The summed E-state index contributed by atoms with van der Waals surface area (Å²) >= 11 is 0. The second kappa shape index (κ2) is 4.99. The van der Waals surface area contributed by atoms with Crippen LogP contribution in [0.5, 0.6) is 0 Å². The third kappa shape index (κ3) is 2.91. The average Bonchev–Trinajstić information content (AvgIpc) is 1.86. The van der Waals surface area contributed by atoms with E-state index in [1.807, 2.05) is 0 Å². The topological polar surface area (TPSA) is 77.8 Å². The van der Waals surface area contributed by atoms with Gasteiger partial charge in [0.05, 0.1) is 13.2 Å². The zero-order valence-electron chi connectivity index (χ0n) is 5.87. The second-order valence-corrected chi connectivity index (χ2v) is 2.18. The molecule has 0 aliphatic rings. The Morgan fingerprint density at radius 1 is 1.40 bits per heavy atom. The molecule has 0 aromatic rings. The van der Waals surface area contributed by atoms with Crippen LogP contribution in [0, 0.1) is 5.41 Å². The van der Waals surface area contributed by atoms with Gasteiger partial charge in [-0.3, -0.25) is 4.79 Å². The zero-order valence-corrected chi connectivity index (χ0v) is 11.4. The summed E-state index contributed by atoms with van der Waals surface area (Å²) in [5, 5.41) is 25.1. The van der Waals surface area contributed by atoms with E-state index >= 15 is 0 Å². The number of aliphatic hydroxyl groups excluding tert-OH is 2. The van der Waals surface area contributed by atoms with Crippen molar-refractivity contribution in [3.63, 3.8) is 0 Å². The Kier molecular flexibility index (Phi) is 6.45. The molecule has 0 atom stereocenters. The number of rotatable bonds is 3. The second-order valence-electron chi connectivity index (χ2n) is 2.18. The van der Waals surface area contributed by atoms with Gasteiger partial charge in [0, 0.05) is 0 Å². The Bertz CT molecular complexity index is 110. The number of carboxylic acid groups (broad SMARTS) is 1. The molecule has 0 aliphatic carbocycles. The van der Waals surface area contributed by atoms with Crippen molar-refractivity contribution in [3.05, 3.63) is 0 Å². The molecule has 3 N–H and O–H groups in total. The Morgan fingerprint density at radius 3 is 1.70 bits per heavy atom. The van der Waals surface area contributed by atoms with E-state index in [0.29, 0.717) is 0 Å². The SMILES string of the molecule is CC(CO)(CO)C(=O)O.[BiH3]. The van der Waals surface area contributed by atoms with Crippen LogP contribution in [-0.4, -0.2) is 60.7 Å². The Morgan fingerprint density at radius 2 is 1.70 bits per heavy atom. The van der Waals surface area contributed by atoms with Gasteiger partial charge in [0.25, 0.3) is 0 Å². The van der Waals surface area contributed by atoms with E-state index in [-0.39, 0.29) is 26.2 Å². The fraction of sp³-hybridized carbons (Fsp3) is 0.800. The van der Waals surface area contributed by atoms with Crippen molar-refractivity contribution in [1.82, 2.24) is 0 Å². The molecule has 0 rings (SSSR count). The molecular weight excluding hydrogens is 333 g/mol. The minimum absolute atomic E-state index is 0. The fourth-order valence-electron chi connectivity index (χ4n) is 0.185. The first-order chi connectivity index (χ1) is 4.06. The van der Waals surface area contributed by atoms with E-state index in [1.165, 1.54) is 6.92 Å². The van der Waals surface area contributed by atoms with Gasteiger partial charge in [-0.1, -0.05) is 0 Å². The first-order valence-corrected chi connectivity index (χ1v) is 2.52. The molecule has 10 heavy (non-hydrogen) atoms. The summed E-state index contributed by atoms with van der Waals surface area (Å²) < 4.78 is 0. The van der Waals surface area contributed by atoms with Crippen molar-refractivity contribution < 1.29 is 20.1 Å². The molecule has 0 saturated heterocycles. The molecule has 0 heterocycles. The normalized spacial score (nSPS) is 10.3. The van der Waals surface area contributed by atoms with Gasteiger partial charge in [-0.2, -0.15) is 0 Å². The number of carboxylic acids is 1. The summed E-state index contributed by atoms with van der Waals surface area (Å²) in [5.74, 6) is -1.19. The Labute approximate surface area is 78.0 Å². The predicted octanol–water partition coefficient (Wildman–Crippen LogP) is -2.12. The van der Waals surface area contributed by atoms with Crippen LogP contribution >= 0.6 is 0 Å². The van der Waals surface area contributed by atoms with Crippen LogP contribution in [-0.2, 0) is 4.79 Å². The van der Waals surface area contributed by atoms with Gasteiger partial charge in [0.1, 0.15) is 5.41 Å². The first-order valence-electron chi connectivity index (χ1n) is 2.52. The first kappa shape index (κ1) is 12.9. The molecule has 0 unspecified atom stereocenters. The molecule has 0 aromatic carbocycles. The molecule has 62 valence electrons. The van der Waals surface area contributed by atoms with Crippen LogP contribution in [0.3, 0.4) is 0 Å². The summed E-state index contributed by atoms with van der Waals surface area (Å²) in [5.41, 5.74) is -1.39. The molecule has 0 radical (unpaired) electrons. The number of aliphatic carboxylic acids is 1. The van der Waals surface area contributed by atoms with E-state index in [9.17, 15) is 4.79 Å². The van der Waals surface area contributed by atoms with Crippen LogP contribution in [0.4, 0.5) is 0 Å². The van der Waals surface area contributed by atoms with Crippen LogP contribution in [0.15, 0.2) is 0 Å². The molecule has 0 saturated carbocycles. The van der Waals surface area contributed by atoms with Crippen molar-refractivity contribution in [3.8, 4) is 0 Å². The van der Waals surface area contributed by atoms with Gasteiger partial charge in [0.15, 0.2) is 0 Å². The average molecular weight is 346 g/mol. The van der Waals surface area contributed by atoms with Crippen molar-refractivity contribution in [2.45, 2.75) is 6.92 Å². The van der Waals surface area contributed by atoms with Crippen molar-refractivity contribution in [1.29, 1.82) is 0 Å². The predicted molar refractivity (Wildman–Crippen MR) is 39.9 cm³/mol. The quantitative estimate of drug-likeness (QED) is 0.511. The summed E-state index contributed by atoms with van der Waals surface area (Å²) in [6, 6.07) is 0. The maximum absolute atomic E-state index is 10.2. The molecule has 0 spiro atoms. The van der Waals surface area contributed by atoms with Gasteiger partial charge in [0.2, 0.25) is 0 Å². The van der Waals surface area contributed by atoms with Gasteiger partial charge in [-0.25, -0.2) is 0 Å². The molecule has 0 bridgehead atoms. The molecule has 0 aliphatic heterocycles. The molecule has 4 nitrogen and oxygen atoms in total. The third-order valence-corrected chi connectivity index (χ3v) is 1.21. The Hall–Kier alpha value is 0.273. The zero-order chi connectivity index (χ0) is 7.49. The maximum atomic E-state index is 10.2. The number of carbonyl (C=O) groups is 1. The third-order valence-electron chi connectivity index (χ3n) is 1.21. The number of hydrogen-bond acceptors (Lipinski definition) is 3. The minimum atomic E-state index is -1.39. The molecule has 0 fully saturated rings. The van der Waals surface area contributed by atoms with E-state index in [2.05, 4.69) is 0 Å². The monoisotopic (exact) mass is 346 g/mol. The summed E-state index contributed by atoms with van der Waals surface area (Å²) in [6.45, 7) is 0.187. The van der Waals surface area contributed by atoms with Crippen molar-refractivity contribution in [2.24, 2.45) is 5.41 Å². The van der Waals surface area contributed by atoms with E-state index in [4.69, 9.17) is 15.3 Å². The van der Waals surface area contributed by atoms with Gasteiger partial charge < -0.3 is 15.3 Å². The van der Waals surface area contributed by atoms with Crippen LogP contribution < -0.4 is 0 Å². The summed E-state index contributed by atoms with van der Waals surface area (Å²) in [7, 11) is 0. The van der Waals surface area contributed by atoms with Crippen LogP contribution in [0.1, 0.15) is 6.92 Å². The van der Waals surface area contributed by atoms with Crippen molar-refractivity contribution >= 4 is 32.2 Å². The van der Waals surface area contributed by atoms with Gasteiger partial charge in [-0.05, 0) is 6.92 Å². The van der Waals surface area contributed by atoms with Crippen LogP contribution in [0.2, 0.25) is 0 Å². The Balaban J connectivity index is 0. The molecule has 0 amide bonds. The standard InChI is InChI=1S/C5H10O4.Bi.3H/c1-5(2-6,3-7)4(8)9;;;;/h6-7H,2-3H2,1H3,(H,8,9);;;;. The number of aliphatic hydroxyl groups is 2. The van der Waals surface area contributed by atoms with E-state index in [1.54, 1.807) is 0 Å². The molecular formula is C5H13BiO4. The van der Waals surface area contributed by atoms with Crippen LogP contribution in [0.25, 0.3) is 0 Å².